The van der Waals surface area contributed by atoms with Crippen LogP contribution < -0.4 is 0 Å². The fourth-order valence-electron chi connectivity index (χ4n) is 2.17. The molecule has 3 rings (SSSR count). The van der Waals surface area contributed by atoms with Crippen LogP contribution in [0.5, 0.6) is 0 Å². The average Bonchev–Trinajstić information content (AvgIpc) is 2.98. The summed E-state index contributed by atoms with van der Waals surface area (Å²) >= 11 is 0. The second-order valence-electron chi connectivity index (χ2n) is 4.80. The highest BCUT2D eigenvalue weighted by Crippen LogP contribution is 2.30. The monoisotopic (exact) mass is 264 g/mol. The Kier molecular flexibility index (Phi) is 3.56. The van der Waals surface area contributed by atoms with E-state index in [0.717, 1.165) is 11.1 Å². The van der Waals surface area contributed by atoms with Crippen LogP contribution in [0.15, 0.2) is 54.6 Å². The lowest BCUT2D eigenvalue weighted by Gasteiger charge is -2.21. The van der Waals surface area contributed by atoms with Gasteiger partial charge in [-0.15, -0.1) is 0 Å². The summed E-state index contributed by atoms with van der Waals surface area (Å²) in [6, 6.07) is 18.0. The van der Waals surface area contributed by atoms with Gasteiger partial charge in [-0.2, -0.15) is 0 Å². The second-order valence-corrected chi connectivity index (χ2v) is 4.80. The van der Waals surface area contributed by atoms with Crippen LogP contribution in [0.3, 0.4) is 0 Å². The lowest BCUT2D eigenvalue weighted by atomic mass is 10.1. The van der Waals surface area contributed by atoms with Gasteiger partial charge in [-0.05, 0) is 25.0 Å². The smallest absolute Gasteiger partial charge is 0.261 e. The Balaban J connectivity index is 1.95. The zero-order valence-corrected chi connectivity index (χ0v) is 11.4. The molecule has 0 saturated carbocycles. The van der Waals surface area contributed by atoms with Crippen LogP contribution in [0.2, 0.25) is 0 Å². The maximum absolute atomic E-state index is 5.78. The first-order valence-corrected chi connectivity index (χ1v) is 6.72. The molecule has 1 saturated heterocycles. The van der Waals surface area contributed by atoms with Gasteiger partial charge in [0.2, 0.25) is 0 Å². The number of rotatable bonds is 1. The van der Waals surface area contributed by atoms with Crippen LogP contribution in [-0.2, 0) is 15.3 Å². The molecule has 100 valence electrons. The van der Waals surface area contributed by atoms with E-state index < -0.39 is 5.79 Å². The lowest BCUT2D eigenvalue weighted by molar-refractivity contribution is -0.114. The summed E-state index contributed by atoms with van der Waals surface area (Å²) in [5.41, 5.74) is 3.13. The van der Waals surface area contributed by atoms with Gasteiger partial charge < -0.3 is 9.47 Å². The summed E-state index contributed by atoms with van der Waals surface area (Å²) < 4.78 is 11.6. The molecule has 0 unspecified atom stereocenters. The Labute approximate surface area is 119 Å². The third-order valence-corrected chi connectivity index (χ3v) is 3.27. The van der Waals surface area contributed by atoms with Crippen molar-refractivity contribution in [2.24, 2.45) is 0 Å². The molecule has 0 amide bonds. The van der Waals surface area contributed by atoms with Crippen LogP contribution in [0.1, 0.15) is 16.7 Å². The van der Waals surface area contributed by atoms with E-state index in [0.29, 0.717) is 13.2 Å². The van der Waals surface area contributed by atoms with Crippen molar-refractivity contribution in [3.8, 4) is 11.8 Å². The summed E-state index contributed by atoms with van der Waals surface area (Å²) in [5.74, 6) is 5.38. The van der Waals surface area contributed by atoms with E-state index in [1.54, 1.807) is 0 Å². The van der Waals surface area contributed by atoms with E-state index >= 15 is 0 Å². The molecule has 0 radical (unpaired) electrons. The van der Waals surface area contributed by atoms with Crippen molar-refractivity contribution in [1.82, 2.24) is 0 Å². The molecule has 0 bridgehead atoms. The maximum Gasteiger partial charge on any atom is 0.261 e. The van der Waals surface area contributed by atoms with Crippen molar-refractivity contribution in [2.45, 2.75) is 12.7 Å². The SMILES string of the molecule is Cc1ccc(C#CC2(c3ccccc3)OCCO2)cc1. The molecule has 2 heteroatoms. The Morgan fingerprint density at radius 1 is 0.900 bits per heavy atom. The first kappa shape index (κ1) is 12.9. The summed E-state index contributed by atoms with van der Waals surface area (Å²) in [4.78, 5) is 0. The van der Waals surface area contributed by atoms with Crippen molar-refractivity contribution in [3.63, 3.8) is 0 Å². The predicted octanol–water partition coefficient (Wildman–Crippen LogP) is 3.25. The highest BCUT2D eigenvalue weighted by Gasteiger charge is 2.36. The molecule has 0 atom stereocenters. The Morgan fingerprint density at radius 2 is 1.55 bits per heavy atom. The number of hydrogen-bond acceptors (Lipinski definition) is 2. The van der Waals surface area contributed by atoms with E-state index in [4.69, 9.17) is 9.47 Å². The normalized spacial score (nSPS) is 16.4. The Morgan fingerprint density at radius 3 is 2.20 bits per heavy atom. The molecule has 0 aliphatic carbocycles. The Bertz CT molecular complexity index is 627. The molecule has 0 spiro atoms. The number of hydrogen-bond donors (Lipinski definition) is 0. The van der Waals surface area contributed by atoms with Gasteiger partial charge in [-0.25, -0.2) is 0 Å². The predicted molar refractivity (Wildman–Crippen MR) is 78.1 cm³/mol. The van der Waals surface area contributed by atoms with Crippen LogP contribution >= 0.6 is 0 Å². The number of ether oxygens (including phenoxy) is 2. The van der Waals surface area contributed by atoms with Crippen molar-refractivity contribution in [3.05, 3.63) is 71.3 Å². The minimum absolute atomic E-state index is 0.567. The molecule has 0 N–H and O–H groups in total. The fraction of sp³-hybridized carbons (Fsp3) is 0.222. The standard InChI is InChI=1S/C18H16O2/c1-15-7-9-16(10-8-15)11-12-18(19-13-14-20-18)17-5-3-2-4-6-17/h2-10H,13-14H2,1H3. The molecular formula is C18H16O2. The van der Waals surface area contributed by atoms with Gasteiger partial charge in [0.1, 0.15) is 0 Å². The van der Waals surface area contributed by atoms with E-state index in [9.17, 15) is 0 Å². The van der Waals surface area contributed by atoms with E-state index in [-0.39, 0.29) is 0 Å². The number of aryl methyl sites for hydroxylation is 1. The van der Waals surface area contributed by atoms with Gasteiger partial charge in [0.15, 0.2) is 0 Å². The van der Waals surface area contributed by atoms with Crippen LogP contribution in [0.25, 0.3) is 0 Å². The molecule has 20 heavy (non-hydrogen) atoms. The largest absolute Gasteiger partial charge is 0.334 e. The van der Waals surface area contributed by atoms with Gasteiger partial charge in [-0.3, -0.25) is 0 Å². The fourth-order valence-corrected chi connectivity index (χ4v) is 2.17. The van der Waals surface area contributed by atoms with Crippen molar-refractivity contribution >= 4 is 0 Å². The maximum atomic E-state index is 5.78. The zero-order chi connectivity index (χ0) is 13.8. The molecular weight excluding hydrogens is 248 g/mol. The average molecular weight is 264 g/mol. The van der Waals surface area contributed by atoms with Crippen LogP contribution in [0.4, 0.5) is 0 Å². The van der Waals surface area contributed by atoms with Crippen LogP contribution in [-0.4, -0.2) is 13.2 Å². The van der Waals surface area contributed by atoms with Gasteiger partial charge in [0.05, 0.1) is 13.2 Å². The molecule has 1 fully saturated rings. The molecule has 0 aromatic heterocycles. The second kappa shape index (κ2) is 5.50. The van der Waals surface area contributed by atoms with E-state index in [1.807, 2.05) is 42.5 Å². The van der Waals surface area contributed by atoms with Crippen LogP contribution in [0, 0.1) is 18.8 Å². The molecule has 2 nitrogen and oxygen atoms in total. The Hall–Kier alpha value is -2.08. The third-order valence-electron chi connectivity index (χ3n) is 3.27. The summed E-state index contributed by atoms with van der Waals surface area (Å²) in [7, 11) is 0. The zero-order valence-electron chi connectivity index (χ0n) is 11.4. The van der Waals surface area contributed by atoms with Gasteiger partial charge >= 0.3 is 0 Å². The highest BCUT2D eigenvalue weighted by molar-refractivity contribution is 5.40. The summed E-state index contributed by atoms with van der Waals surface area (Å²) in [6.07, 6.45) is 0. The third kappa shape index (κ3) is 2.60. The molecule has 1 aliphatic heterocycles. The molecule has 2 aromatic carbocycles. The topological polar surface area (TPSA) is 18.5 Å². The van der Waals surface area contributed by atoms with Crippen molar-refractivity contribution in [2.75, 3.05) is 13.2 Å². The van der Waals surface area contributed by atoms with E-state index in [1.165, 1.54) is 5.56 Å². The highest BCUT2D eigenvalue weighted by atomic mass is 16.7. The summed E-state index contributed by atoms with van der Waals surface area (Å²) in [6.45, 7) is 3.20. The summed E-state index contributed by atoms with van der Waals surface area (Å²) in [5, 5.41) is 0. The van der Waals surface area contributed by atoms with Gasteiger partial charge in [0, 0.05) is 11.1 Å². The minimum Gasteiger partial charge on any atom is -0.334 e. The first-order chi connectivity index (χ1) is 9.78. The number of benzene rings is 2. The van der Waals surface area contributed by atoms with Gasteiger partial charge in [-0.1, -0.05) is 53.9 Å². The van der Waals surface area contributed by atoms with Gasteiger partial charge in [0.25, 0.3) is 5.79 Å². The first-order valence-electron chi connectivity index (χ1n) is 6.72. The van der Waals surface area contributed by atoms with Crippen molar-refractivity contribution in [1.29, 1.82) is 0 Å². The van der Waals surface area contributed by atoms with Crippen molar-refractivity contribution < 1.29 is 9.47 Å². The van der Waals surface area contributed by atoms with E-state index in [2.05, 4.69) is 30.9 Å². The quantitative estimate of drug-likeness (QED) is 0.736. The lowest BCUT2D eigenvalue weighted by Crippen LogP contribution is -2.24. The molecule has 2 aromatic rings. The molecule has 1 aliphatic rings. The minimum atomic E-state index is -0.924. The molecule has 1 heterocycles.